The molecule has 0 saturated carbocycles. The molecule has 25 heavy (non-hydrogen) atoms. The summed E-state index contributed by atoms with van der Waals surface area (Å²) >= 11 is 1.76. The van der Waals surface area contributed by atoms with E-state index in [1.54, 1.807) is 11.3 Å². The predicted octanol–water partition coefficient (Wildman–Crippen LogP) is 3.02. The van der Waals surface area contributed by atoms with Gasteiger partial charge >= 0.3 is 0 Å². The summed E-state index contributed by atoms with van der Waals surface area (Å²) in [5.41, 5.74) is 1.32. The quantitative estimate of drug-likeness (QED) is 0.576. The van der Waals surface area contributed by atoms with E-state index in [4.69, 9.17) is 9.98 Å². The summed E-state index contributed by atoms with van der Waals surface area (Å²) in [6.07, 6.45) is 3.51. The zero-order valence-corrected chi connectivity index (χ0v) is 17.4. The van der Waals surface area contributed by atoms with Crippen LogP contribution in [0.3, 0.4) is 0 Å². The SMILES string of the molecule is CCNC(=NCC1CCCN1CC)NCCc1nc(C(C)(C)C)cs1. The Kier molecular flexibility index (Phi) is 7.69. The van der Waals surface area contributed by atoms with Crippen LogP contribution in [0.1, 0.15) is 58.2 Å². The number of thiazole rings is 1. The molecular weight excluding hydrogens is 330 g/mol. The van der Waals surface area contributed by atoms with Gasteiger partial charge in [-0.2, -0.15) is 0 Å². The second-order valence-electron chi connectivity index (χ2n) is 7.70. The fraction of sp³-hybridized carbons (Fsp3) is 0.789. The third kappa shape index (κ3) is 6.26. The van der Waals surface area contributed by atoms with Gasteiger partial charge in [-0.25, -0.2) is 4.98 Å². The highest BCUT2D eigenvalue weighted by atomic mass is 32.1. The largest absolute Gasteiger partial charge is 0.357 e. The number of hydrogen-bond donors (Lipinski definition) is 2. The van der Waals surface area contributed by atoms with Crippen LogP contribution < -0.4 is 10.6 Å². The lowest BCUT2D eigenvalue weighted by Gasteiger charge is -2.21. The summed E-state index contributed by atoms with van der Waals surface area (Å²) in [6.45, 7) is 16.0. The molecule has 1 atom stereocenters. The minimum atomic E-state index is 0.130. The van der Waals surface area contributed by atoms with Crippen molar-refractivity contribution in [3.8, 4) is 0 Å². The maximum Gasteiger partial charge on any atom is 0.191 e. The van der Waals surface area contributed by atoms with Crippen LogP contribution in [0, 0.1) is 0 Å². The Morgan fingerprint density at radius 3 is 2.80 bits per heavy atom. The first-order chi connectivity index (χ1) is 11.9. The summed E-state index contributed by atoms with van der Waals surface area (Å²) in [5, 5.41) is 10.2. The molecule has 0 aliphatic carbocycles. The summed E-state index contributed by atoms with van der Waals surface area (Å²) in [7, 11) is 0. The van der Waals surface area contributed by atoms with Crippen molar-refractivity contribution in [3.63, 3.8) is 0 Å². The highest BCUT2D eigenvalue weighted by Gasteiger charge is 2.22. The molecule has 5 nitrogen and oxygen atoms in total. The van der Waals surface area contributed by atoms with Crippen LogP contribution in [-0.4, -0.2) is 54.6 Å². The molecule has 1 fully saturated rings. The van der Waals surface area contributed by atoms with Crippen molar-refractivity contribution in [3.05, 3.63) is 16.1 Å². The molecule has 0 radical (unpaired) electrons. The monoisotopic (exact) mass is 365 g/mol. The van der Waals surface area contributed by atoms with Gasteiger partial charge < -0.3 is 10.6 Å². The van der Waals surface area contributed by atoms with Gasteiger partial charge in [0.2, 0.25) is 0 Å². The van der Waals surface area contributed by atoms with E-state index in [1.807, 2.05) is 0 Å². The number of likely N-dealkylation sites (tertiary alicyclic amines) is 1. The summed E-state index contributed by atoms with van der Waals surface area (Å²) in [4.78, 5) is 12.1. The van der Waals surface area contributed by atoms with E-state index in [2.05, 4.69) is 55.5 Å². The summed E-state index contributed by atoms with van der Waals surface area (Å²) in [5.74, 6) is 0.929. The molecule has 6 heteroatoms. The predicted molar refractivity (Wildman–Crippen MR) is 109 cm³/mol. The molecule has 2 heterocycles. The number of nitrogens with one attached hydrogen (secondary N) is 2. The topological polar surface area (TPSA) is 52.6 Å². The van der Waals surface area contributed by atoms with Gasteiger partial charge in [-0.1, -0.05) is 27.7 Å². The van der Waals surface area contributed by atoms with E-state index in [0.717, 1.165) is 38.6 Å². The van der Waals surface area contributed by atoms with Gasteiger partial charge in [-0.15, -0.1) is 11.3 Å². The van der Waals surface area contributed by atoms with Gasteiger partial charge in [0.15, 0.2) is 5.96 Å². The smallest absolute Gasteiger partial charge is 0.191 e. The van der Waals surface area contributed by atoms with Crippen molar-refractivity contribution >= 4 is 17.3 Å². The number of aliphatic imine (C=N–C) groups is 1. The Hall–Kier alpha value is -1.14. The van der Waals surface area contributed by atoms with E-state index in [9.17, 15) is 0 Å². The first-order valence-corrected chi connectivity index (χ1v) is 10.5. The van der Waals surface area contributed by atoms with Crippen LogP contribution in [0.5, 0.6) is 0 Å². The second kappa shape index (κ2) is 9.53. The maximum atomic E-state index is 4.81. The second-order valence-corrected chi connectivity index (χ2v) is 8.64. The molecule has 1 unspecified atom stereocenters. The normalized spacial score (nSPS) is 19.4. The Bertz CT molecular complexity index is 546. The van der Waals surface area contributed by atoms with Crippen LogP contribution >= 0.6 is 11.3 Å². The van der Waals surface area contributed by atoms with E-state index >= 15 is 0 Å². The van der Waals surface area contributed by atoms with Crippen molar-refractivity contribution in [1.82, 2.24) is 20.5 Å². The van der Waals surface area contributed by atoms with Crippen molar-refractivity contribution in [1.29, 1.82) is 0 Å². The molecule has 2 N–H and O–H groups in total. The maximum absolute atomic E-state index is 4.81. The lowest BCUT2D eigenvalue weighted by Crippen LogP contribution is -2.40. The van der Waals surface area contributed by atoms with Crippen LogP contribution in [0.4, 0.5) is 0 Å². The van der Waals surface area contributed by atoms with Gasteiger partial charge in [-0.3, -0.25) is 9.89 Å². The van der Waals surface area contributed by atoms with Gasteiger partial charge in [0.05, 0.1) is 17.2 Å². The molecule has 1 aliphatic heterocycles. The highest BCUT2D eigenvalue weighted by molar-refractivity contribution is 7.09. The third-order valence-electron chi connectivity index (χ3n) is 4.66. The van der Waals surface area contributed by atoms with Crippen LogP contribution in [0.2, 0.25) is 0 Å². The van der Waals surface area contributed by atoms with Crippen molar-refractivity contribution in [2.24, 2.45) is 4.99 Å². The number of nitrogens with zero attached hydrogens (tertiary/aromatic N) is 3. The van der Waals surface area contributed by atoms with Crippen molar-refractivity contribution in [2.45, 2.75) is 65.3 Å². The third-order valence-corrected chi connectivity index (χ3v) is 5.57. The van der Waals surface area contributed by atoms with Gasteiger partial charge in [0.25, 0.3) is 0 Å². The van der Waals surface area contributed by atoms with E-state index in [-0.39, 0.29) is 5.41 Å². The molecule has 1 saturated heterocycles. The number of likely N-dealkylation sites (N-methyl/N-ethyl adjacent to an activating group) is 1. The van der Waals surface area contributed by atoms with E-state index in [1.165, 1.54) is 30.1 Å². The highest BCUT2D eigenvalue weighted by Crippen LogP contribution is 2.23. The Balaban J connectivity index is 1.82. The molecule has 2 rings (SSSR count). The average molecular weight is 366 g/mol. The first-order valence-electron chi connectivity index (χ1n) is 9.65. The van der Waals surface area contributed by atoms with Gasteiger partial charge in [0.1, 0.15) is 0 Å². The molecule has 1 aromatic rings. The molecular formula is C19H35N5S. The van der Waals surface area contributed by atoms with Crippen molar-refractivity contribution < 1.29 is 0 Å². The number of guanidine groups is 1. The average Bonchev–Trinajstić information content (AvgIpc) is 3.21. The van der Waals surface area contributed by atoms with Crippen LogP contribution in [0.15, 0.2) is 10.4 Å². The zero-order chi connectivity index (χ0) is 18.3. The standard InChI is InChI=1S/C19H35N5S/c1-6-20-18(22-13-15-9-8-12-24(15)7-2)21-11-10-17-23-16(14-25-17)19(3,4)5/h14-15H,6-13H2,1-5H3,(H2,20,21,22). The fourth-order valence-corrected chi connectivity index (χ4v) is 4.14. The first kappa shape index (κ1) is 20.2. The lowest BCUT2D eigenvalue weighted by atomic mass is 9.93. The number of hydrogen-bond acceptors (Lipinski definition) is 4. The lowest BCUT2D eigenvalue weighted by molar-refractivity contribution is 0.273. The minimum Gasteiger partial charge on any atom is -0.357 e. The van der Waals surface area contributed by atoms with E-state index in [0.29, 0.717) is 6.04 Å². The minimum absolute atomic E-state index is 0.130. The van der Waals surface area contributed by atoms with Gasteiger partial charge in [0, 0.05) is 36.3 Å². The summed E-state index contributed by atoms with van der Waals surface area (Å²) in [6, 6.07) is 0.605. The van der Waals surface area contributed by atoms with E-state index < -0.39 is 0 Å². The fourth-order valence-electron chi connectivity index (χ4n) is 3.11. The molecule has 142 valence electrons. The molecule has 1 aromatic heterocycles. The zero-order valence-electron chi connectivity index (χ0n) is 16.6. The molecule has 0 amide bonds. The van der Waals surface area contributed by atoms with Crippen molar-refractivity contribution in [2.75, 3.05) is 32.7 Å². The van der Waals surface area contributed by atoms with Gasteiger partial charge in [-0.05, 0) is 32.9 Å². The summed E-state index contributed by atoms with van der Waals surface area (Å²) < 4.78 is 0. The van der Waals surface area contributed by atoms with Crippen LogP contribution in [0.25, 0.3) is 0 Å². The number of rotatable bonds is 7. The Morgan fingerprint density at radius 2 is 2.16 bits per heavy atom. The molecule has 0 aromatic carbocycles. The number of aromatic nitrogens is 1. The van der Waals surface area contributed by atoms with Crippen LogP contribution in [-0.2, 0) is 11.8 Å². The molecule has 0 spiro atoms. The molecule has 1 aliphatic rings. The molecule has 0 bridgehead atoms. The Labute approximate surface area is 157 Å². The Morgan fingerprint density at radius 1 is 1.36 bits per heavy atom.